The van der Waals surface area contributed by atoms with Gasteiger partial charge in [-0.25, -0.2) is 9.18 Å². The van der Waals surface area contributed by atoms with Crippen molar-refractivity contribution in [1.29, 1.82) is 0 Å². The Balaban J connectivity index is 1.49. The van der Waals surface area contributed by atoms with E-state index in [-0.39, 0.29) is 34.8 Å². The maximum Gasteiger partial charge on any atom is 0.340 e. The number of aryl methyl sites for hydroxylation is 2. The van der Waals surface area contributed by atoms with Crippen molar-refractivity contribution in [3.8, 4) is 0 Å². The average molecular weight is 532 g/mol. The highest BCUT2D eigenvalue weighted by atomic mass is 19.1. The maximum absolute atomic E-state index is 14.5. The lowest BCUT2D eigenvalue weighted by molar-refractivity contribution is -0.136. The molecule has 0 bridgehead atoms. The van der Waals surface area contributed by atoms with Crippen LogP contribution in [-0.2, 0) is 30.5 Å². The standard InChI is InChI=1S/C29H26FN3O6/c1-16-9-10-19(13-17(16)2)32-27(35)26(34)31-15-21-12-11-20(39-21)14-22-25(29(37)38-4)18(3)33(28(22)36)24-8-6-5-7-23(24)30/h5-14H,15H2,1-4H3,(H,31,34)(H,32,35)/b22-14+. The van der Waals surface area contributed by atoms with Crippen LogP contribution in [0.5, 0.6) is 0 Å². The molecule has 2 N–H and O–H groups in total. The van der Waals surface area contributed by atoms with Crippen LogP contribution >= 0.6 is 0 Å². The second-order valence-corrected chi connectivity index (χ2v) is 8.84. The summed E-state index contributed by atoms with van der Waals surface area (Å²) in [6, 6.07) is 14.1. The number of allylic oxidation sites excluding steroid dienone is 1. The van der Waals surface area contributed by atoms with Crippen molar-refractivity contribution in [2.45, 2.75) is 27.3 Å². The zero-order valence-electron chi connectivity index (χ0n) is 21.8. The minimum atomic E-state index is -0.859. The summed E-state index contributed by atoms with van der Waals surface area (Å²) in [5, 5.41) is 5.02. The van der Waals surface area contributed by atoms with E-state index in [1.807, 2.05) is 19.9 Å². The van der Waals surface area contributed by atoms with Crippen LogP contribution in [-0.4, -0.2) is 30.8 Å². The van der Waals surface area contributed by atoms with E-state index in [2.05, 4.69) is 10.6 Å². The van der Waals surface area contributed by atoms with Gasteiger partial charge in [0, 0.05) is 11.4 Å². The topological polar surface area (TPSA) is 118 Å². The molecule has 4 rings (SSSR count). The summed E-state index contributed by atoms with van der Waals surface area (Å²) in [5.74, 6) is -3.22. The van der Waals surface area contributed by atoms with E-state index in [1.165, 1.54) is 44.4 Å². The number of nitrogens with zero attached hydrogens (tertiary/aromatic N) is 1. The van der Waals surface area contributed by atoms with Gasteiger partial charge < -0.3 is 19.8 Å². The van der Waals surface area contributed by atoms with Gasteiger partial charge in [0.1, 0.15) is 17.3 Å². The molecule has 1 aromatic heterocycles. The summed E-state index contributed by atoms with van der Waals surface area (Å²) in [4.78, 5) is 51.4. The number of halogens is 1. The van der Waals surface area contributed by atoms with E-state index >= 15 is 0 Å². The first-order chi connectivity index (χ1) is 18.6. The molecular formula is C29H26FN3O6. The van der Waals surface area contributed by atoms with Gasteiger partial charge in [-0.3, -0.25) is 19.3 Å². The normalized spacial score (nSPS) is 14.1. The first-order valence-electron chi connectivity index (χ1n) is 12.0. The Hall–Kier alpha value is -4.99. The summed E-state index contributed by atoms with van der Waals surface area (Å²) in [6.07, 6.45) is 1.34. The van der Waals surface area contributed by atoms with E-state index in [1.54, 1.807) is 24.3 Å². The van der Waals surface area contributed by atoms with Gasteiger partial charge in [-0.1, -0.05) is 18.2 Å². The molecule has 3 amide bonds. The van der Waals surface area contributed by atoms with Crippen molar-refractivity contribution in [2.24, 2.45) is 0 Å². The minimum Gasteiger partial charge on any atom is -0.465 e. The fourth-order valence-corrected chi connectivity index (χ4v) is 4.07. The second kappa shape index (κ2) is 11.2. The summed E-state index contributed by atoms with van der Waals surface area (Å²) >= 11 is 0. The molecular weight excluding hydrogens is 505 g/mol. The van der Waals surface area contributed by atoms with Crippen LogP contribution < -0.4 is 15.5 Å². The minimum absolute atomic E-state index is 0.00766. The number of nitrogens with one attached hydrogen (secondary N) is 2. The van der Waals surface area contributed by atoms with Gasteiger partial charge in [0.2, 0.25) is 0 Å². The fourth-order valence-electron chi connectivity index (χ4n) is 4.07. The lowest BCUT2D eigenvalue weighted by atomic mass is 10.1. The molecule has 39 heavy (non-hydrogen) atoms. The van der Waals surface area contributed by atoms with Gasteiger partial charge >= 0.3 is 17.8 Å². The molecule has 3 aromatic rings. The van der Waals surface area contributed by atoms with Crippen LogP contribution in [0, 0.1) is 19.7 Å². The molecule has 200 valence electrons. The lowest BCUT2D eigenvalue weighted by Gasteiger charge is -2.18. The summed E-state index contributed by atoms with van der Waals surface area (Å²) in [6.45, 7) is 5.26. The number of amides is 3. The molecule has 2 aromatic carbocycles. The average Bonchev–Trinajstić information content (AvgIpc) is 3.46. The molecule has 2 heterocycles. The Morgan fingerprint density at radius 3 is 2.44 bits per heavy atom. The third-order valence-corrected chi connectivity index (χ3v) is 6.25. The largest absolute Gasteiger partial charge is 0.465 e. The number of hydrogen-bond acceptors (Lipinski definition) is 6. The van der Waals surface area contributed by atoms with E-state index < -0.39 is 29.5 Å². The second-order valence-electron chi connectivity index (χ2n) is 8.84. The maximum atomic E-state index is 14.5. The number of methoxy groups -OCH3 is 1. The summed E-state index contributed by atoms with van der Waals surface area (Å²) < 4.78 is 25.0. The van der Waals surface area contributed by atoms with Crippen LogP contribution in [0.25, 0.3) is 6.08 Å². The van der Waals surface area contributed by atoms with Gasteiger partial charge in [-0.2, -0.15) is 0 Å². The number of anilines is 2. The number of benzene rings is 2. The van der Waals surface area contributed by atoms with Crippen molar-refractivity contribution in [3.63, 3.8) is 0 Å². The molecule has 0 saturated carbocycles. The third kappa shape index (κ3) is 5.64. The van der Waals surface area contributed by atoms with E-state index in [0.717, 1.165) is 16.0 Å². The van der Waals surface area contributed by atoms with Gasteiger partial charge in [-0.05, 0) is 74.4 Å². The lowest BCUT2D eigenvalue weighted by Crippen LogP contribution is -2.34. The molecule has 0 unspecified atom stereocenters. The molecule has 0 radical (unpaired) electrons. The zero-order chi connectivity index (χ0) is 28.3. The van der Waals surface area contributed by atoms with E-state index in [9.17, 15) is 23.6 Å². The predicted octanol–water partition coefficient (Wildman–Crippen LogP) is 4.17. The van der Waals surface area contributed by atoms with Crippen LogP contribution in [0.3, 0.4) is 0 Å². The van der Waals surface area contributed by atoms with Gasteiger partial charge in [0.05, 0.1) is 30.5 Å². The Morgan fingerprint density at radius 1 is 1.00 bits per heavy atom. The third-order valence-electron chi connectivity index (χ3n) is 6.25. The highest BCUT2D eigenvalue weighted by molar-refractivity contribution is 6.39. The number of para-hydroxylation sites is 1. The number of carbonyl (C=O) groups is 4. The van der Waals surface area contributed by atoms with Gasteiger partial charge in [0.15, 0.2) is 0 Å². The van der Waals surface area contributed by atoms with Crippen molar-refractivity contribution in [1.82, 2.24) is 5.32 Å². The summed E-state index contributed by atoms with van der Waals surface area (Å²) in [7, 11) is 1.18. The molecule has 0 spiro atoms. The predicted molar refractivity (Wildman–Crippen MR) is 142 cm³/mol. The number of esters is 1. The van der Waals surface area contributed by atoms with Crippen LogP contribution in [0.15, 0.2) is 75.9 Å². The zero-order valence-corrected chi connectivity index (χ0v) is 21.8. The van der Waals surface area contributed by atoms with Crippen LogP contribution in [0.4, 0.5) is 15.8 Å². The van der Waals surface area contributed by atoms with E-state index in [0.29, 0.717) is 11.4 Å². The number of rotatable bonds is 6. The molecule has 0 saturated heterocycles. The molecule has 10 heteroatoms. The van der Waals surface area contributed by atoms with Crippen molar-refractivity contribution in [2.75, 3.05) is 17.3 Å². The van der Waals surface area contributed by atoms with Crippen LogP contribution in [0.1, 0.15) is 29.6 Å². The van der Waals surface area contributed by atoms with Crippen molar-refractivity contribution >= 4 is 41.1 Å². The van der Waals surface area contributed by atoms with Crippen LogP contribution in [0.2, 0.25) is 0 Å². The molecule has 0 fully saturated rings. The summed E-state index contributed by atoms with van der Waals surface area (Å²) in [5.41, 5.74) is 2.66. The monoisotopic (exact) mass is 531 g/mol. The highest BCUT2D eigenvalue weighted by Crippen LogP contribution is 2.36. The van der Waals surface area contributed by atoms with E-state index in [4.69, 9.17) is 9.15 Å². The quantitative estimate of drug-likeness (QED) is 0.280. The number of carbonyl (C=O) groups excluding carboxylic acids is 4. The fraction of sp³-hybridized carbons (Fsp3) is 0.172. The first kappa shape index (κ1) is 27.1. The smallest absolute Gasteiger partial charge is 0.340 e. The number of hydrogen-bond donors (Lipinski definition) is 2. The Labute approximate surface area is 223 Å². The molecule has 1 aliphatic heterocycles. The first-order valence-corrected chi connectivity index (χ1v) is 12.0. The number of furan rings is 1. The Kier molecular flexibility index (Phi) is 7.75. The molecule has 9 nitrogen and oxygen atoms in total. The Morgan fingerprint density at radius 2 is 1.74 bits per heavy atom. The SMILES string of the molecule is COC(=O)C1=C(C)N(c2ccccc2F)C(=O)/C1=C/c1ccc(CNC(=O)C(=O)Nc2ccc(C)c(C)c2)o1. The Bertz CT molecular complexity index is 1550. The number of ether oxygens (including phenoxy) is 1. The highest BCUT2D eigenvalue weighted by Gasteiger charge is 2.39. The molecule has 1 aliphatic rings. The molecule has 0 aliphatic carbocycles. The van der Waals surface area contributed by atoms with Gasteiger partial charge in [-0.15, -0.1) is 0 Å². The van der Waals surface area contributed by atoms with Crippen molar-refractivity contribution in [3.05, 3.63) is 99.9 Å². The molecule has 0 atom stereocenters. The van der Waals surface area contributed by atoms with Crippen molar-refractivity contribution < 1.29 is 32.7 Å². The van der Waals surface area contributed by atoms with Gasteiger partial charge in [0.25, 0.3) is 5.91 Å².